The summed E-state index contributed by atoms with van der Waals surface area (Å²) in [7, 11) is 0. The molecule has 0 saturated carbocycles. The molecule has 0 aliphatic heterocycles. The Bertz CT molecular complexity index is 894. The molecule has 3 aliphatic carbocycles. The average molecular weight is 391 g/mol. The molecule has 2 atom stereocenters. The van der Waals surface area contributed by atoms with Crippen molar-refractivity contribution in [2.75, 3.05) is 0 Å². The molecule has 0 amide bonds. The van der Waals surface area contributed by atoms with Crippen molar-refractivity contribution in [2.24, 2.45) is 11.3 Å². The van der Waals surface area contributed by atoms with Crippen molar-refractivity contribution in [3.63, 3.8) is 0 Å². The van der Waals surface area contributed by atoms with E-state index in [0.29, 0.717) is 11.3 Å². The van der Waals surface area contributed by atoms with Crippen molar-refractivity contribution in [3.8, 4) is 0 Å². The maximum absolute atomic E-state index is 2.53. The predicted molar refractivity (Wildman–Crippen MR) is 128 cm³/mol. The highest BCUT2D eigenvalue weighted by Crippen LogP contribution is 2.65. The van der Waals surface area contributed by atoms with E-state index in [1.54, 1.807) is 33.4 Å². The van der Waals surface area contributed by atoms with E-state index in [1.165, 1.54) is 12.8 Å². The van der Waals surface area contributed by atoms with Gasteiger partial charge in [-0.3, -0.25) is 0 Å². The van der Waals surface area contributed by atoms with Crippen LogP contribution in [0.2, 0.25) is 0 Å². The molecule has 2 aromatic carbocycles. The highest BCUT2D eigenvalue weighted by molar-refractivity contribution is 5.64. The lowest BCUT2D eigenvalue weighted by molar-refractivity contribution is 0.0587. The van der Waals surface area contributed by atoms with Gasteiger partial charge in [-0.05, 0) is 63.0 Å². The van der Waals surface area contributed by atoms with Crippen molar-refractivity contribution in [1.29, 1.82) is 0 Å². The standard InChI is InChI=1S/C25H30.2C2H6/c1-23(2)16-10-7-9-15-13-14-19-22(20(15)16)21-17(23)11-8-12-18(21)24(3,4)25(19,5)6;2*1-2/h7-12,19,22H,13-14H2,1-6H3;2*1-2H3. The molecule has 29 heavy (non-hydrogen) atoms. The summed E-state index contributed by atoms with van der Waals surface area (Å²) in [6, 6.07) is 14.2. The Labute approximate surface area is 180 Å². The molecule has 0 heteroatoms. The van der Waals surface area contributed by atoms with E-state index >= 15 is 0 Å². The van der Waals surface area contributed by atoms with Gasteiger partial charge < -0.3 is 0 Å². The lowest BCUT2D eigenvalue weighted by Crippen LogP contribution is -2.53. The van der Waals surface area contributed by atoms with Crippen molar-refractivity contribution in [3.05, 3.63) is 69.8 Å². The van der Waals surface area contributed by atoms with E-state index in [0.717, 1.165) is 5.92 Å². The van der Waals surface area contributed by atoms with Crippen molar-refractivity contribution in [1.82, 2.24) is 0 Å². The number of aryl methyl sites for hydroxylation is 1. The monoisotopic (exact) mass is 390 g/mol. The molecule has 3 aliphatic rings. The minimum absolute atomic E-state index is 0.104. The zero-order valence-electron chi connectivity index (χ0n) is 20.5. The molecule has 2 unspecified atom stereocenters. The Morgan fingerprint density at radius 2 is 1.21 bits per heavy atom. The van der Waals surface area contributed by atoms with Crippen LogP contribution in [0.1, 0.15) is 115 Å². The second kappa shape index (κ2) is 7.29. The van der Waals surface area contributed by atoms with Crippen molar-refractivity contribution < 1.29 is 0 Å². The minimum Gasteiger partial charge on any atom is -0.0683 e. The van der Waals surface area contributed by atoms with E-state index in [4.69, 9.17) is 0 Å². The summed E-state index contributed by atoms with van der Waals surface area (Å²) >= 11 is 0. The van der Waals surface area contributed by atoms with Gasteiger partial charge in [0.05, 0.1) is 0 Å². The van der Waals surface area contributed by atoms with Crippen LogP contribution in [0, 0.1) is 11.3 Å². The van der Waals surface area contributed by atoms with Crippen LogP contribution in [0.25, 0.3) is 0 Å². The van der Waals surface area contributed by atoms with Crippen LogP contribution in [0.5, 0.6) is 0 Å². The molecule has 158 valence electrons. The third-order valence-corrected chi connectivity index (χ3v) is 8.61. The molecule has 0 fully saturated rings. The van der Waals surface area contributed by atoms with Gasteiger partial charge in [0.15, 0.2) is 0 Å². The first kappa shape index (κ1) is 22.1. The summed E-state index contributed by atoms with van der Waals surface area (Å²) in [4.78, 5) is 0. The lowest BCUT2D eigenvalue weighted by atomic mass is 9.44. The number of benzene rings is 2. The van der Waals surface area contributed by atoms with Crippen LogP contribution in [0.3, 0.4) is 0 Å². The minimum atomic E-state index is 0.104. The SMILES string of the molecule is CC.CC.CC1(C)c2cccc3c2C2c4c1cccc4C(C)(C)C(C)(C)C2CC3. The summed E-state index contributed by atoms with van der Waals surface area (Å²) in [6.07, 6.45) is 2.57. The van der Waals surface area contributed by atoms with Gasteiger partial charge in [-0.15, -0.1) is 0 Å². The second-order valence-electron chi connectivity index (χ2n) is 10.2. The topological polar surface area (TPSA) is 0 Å². The van der Waals surface area contributed by atoms with Gasteiger partial charge in [-0.2, -0.15) is 0 Å². The van der Waals surface area contributed by atoms with Crippen molar-refractivity contribution in [2.45, 2.75) is 98.8 Å². The number of rotatable bonds is 0. The highest BCUT2D eigenvalue weighted by Gasteiger charge is 2.57. The maximum Gasteiger partial charge on any atom is 0.0152 e. The van der Waals surface area contributed by atoms with Crippen LogP contribution in [-0.4, -0.2) is 0 Å². The first-order chi connectivity index (χ1) is 13.7. The van der Waals surface area contributed by atoms with E-state index < -0.39 is 0 Å². The fourth-order valence-electron chi connectivity index (χ4n) is 6.49. The van der Waals surface area contributed by atoms with Gasteiger partial charge in [0.2, 0.25) is 0 Å². The van der Waals surface area contributed by atoms with E-state index in [-0.39, 0.29) is 10.8 Å². The lowest BCUT2D eigenvalue weighted by Gasteiger charge is -2.60. The third kappa shape index (κ3) is 2.70. The molecular formula is C29H42. The predicted octanol–water partition coefficient (Wildman–Crippen LogP) is 8.39. The van der Waals surface area contributed by atoms with Gasteiger partial charge >= 0.3 is 0 Å². The third-order valence-electron chi connectivity index (χ3n) is 8.61. The van der Waals surface area contributed by atoms with Crippen molar-refractivity contribution >= 4 is 0 Å². The average Bonchev–Trinajstić information content (AvgIpc) is 2.73. The van der Waals surface area contributed by atoms with Gasteiger partial charge in [-0.25, -0.2) is 0 Å². The molecule has 0 aromatic heterocycles. The molecule has 5 rings (SSSR count). The quantitative estimate of drug-likeness (QED) is 0.423. The fraction of sp³-hybridized carbons (Fsp3) is 0.586. The second-order valence-corrected chi connectivity index (χ2v) is 10.2. The number of hydrogen-bond acceptors (Lipinski definition) is 0. The van der Waals surface area contributed by atoms with Gasteiger partial charge in [-0.1, -0.05) is 106 Å². The van der Waals surface area contributed by atoms with Gasteiger partial charge in [0.25, 0.3) is 0 Å². The summed E-state index contributed by atoms with van der Waals surface area (Å²) in [5, 5.41) is 0. The molecule has 0 radical (unpaired) electrons. The first-order valence-corrected chi connectivity index (χ1v) is 11.9. The smallest absolute Gasteiger partial charge is 0.0152 e. The van der Waals surface area contributed by atoms with E-state index in [2.05, 4.69) is 77.9 Å². The Balaban J connectivity index is 0.000000568. The zero-order valence-corrected chi connectivity index (χ0v) is 20.5. The molecular weight excluding hydrogens is 348 g/mol. The van der Waals surface area contributed by atoms with Gasteiger partial charge in [0.1, 0.15) is 0 Å². The first-order valence-electron chi connectivity index (χ1n) is 11.9. The van der Waals surface area contributed by atoms with Crippen LogP contribution >= 0.6 is 0 Å². The molecule has 0 bridgehead atoms. The van der Waals surface area contributed by atoms with Crippen LogP contribution in [0.4, 0.5) is 0 Å². The number of hydrogen-bond donors (Lipinski definition) is 0. The largest absolute Gasteiger partial charge is 0.0683 e. The maximum atomic E-state index is 2.53. The van der Waals surface area contributed by atoms with Gasteiger partial charge in [0, 0.05) is 11.3 Å². The van der Waals surface area contributed by atoms with Crippen LogP contribution < -0.4 is 0 Å². The van der Waals surface area contributed by atoms with Crippen LogP contribution in [0.15, 0.2) is 36.4 Å². The van der Waals surface area contributed by atoms with Crippen LogP contribution in [-0.2, 0) is 17.3 Å². The van der Waals surface area contributed by atoms with E-state index in [1.807, 2.05) is 27.7 Å². The summed E-state index contributed by atoms with van der Waals surface area (Å²) in [6.45, 7) is 22.9. The zero-order chi connectivity index (χ0) is 21.8. The summed E-state index contributed by atoms with van der Waals surface area (Å²) in [5.41, 5.74) is 10.4. The van der Waals surface area contributed by atoms with E-state index in [9.17, 15) is 0 Å². The molecule has 0 saturated heterocycles. The Morgan fingerprint density at radius 1 is 0.690 bits per heavy atom. The molecule has 0 heterocycles. The molecule has 0 N–H and O–H groups in total. The molecule has 2 aromatic rings. The molecule has 0 spiro atoms. The molecule has 0 nitrogen and oxygen atoms in total. The summed E-state index contributed by atoms with van der Waals surface area (Å²) < 4.78 is 0. The highest BCUT2D eigenvalue weighted by atomic mass is 14.6. The normalized spacial score (nSPS) is 25.4. The Morgan fingerprint density at radius 3 is 1.83 bits per heavy atom. The Kier molecular flexibility index (Phi) is 5.57. The summed E-state index contributed by atoms with van der Waals surface area (Å²) in [5.74, 6) is 1.34. The fourth-order valence-corrected chi connectivity index (χ4v) is 6.49. The Hall–Kier alpha value is -1.56.